The lowest BCUT2D eigenvalue weighted by atomic mass is 10.2. The van der Waals surface area contributed by atoms with Gasteiger partial charge in [0.25, 0.3) is 0 Å². The molecule has 1 aromatic heterocycles. The molecule has 1 saturated heterocycles. The number of hydrogen-bond acceptors (Lipinski definition) is 7. The van der Waals surface area contributed by atoms with Crippen molar-refractivity contribution in [3.8, 4) is 17.2 Å². The molecular formula is C20H25N3O6S. The smallest absolute Gasteiger partial charge is 0.238 e. The third-order valence-electron chi connectivity index (χ3n) is 4.61. The van der Waals surface area contributed by atoms with Crippen LogP contribution in [0.15, 0.2) is 48.8 Å². The molecule has 3 rings (SSSR count). The van der Waals surface area contributed by atoms with E-state index in [4.69, 9.17) is 14.2 Å². The van der Waals surface area contributed by atoms with Crippen LogP contribution >= 0.6 is 0 Å². The Labute approximate surface area is 176 Å². The first kappa shape index (κ1) is 21.8. The lowest BCUT2D eigenvalue weighted by Gasteiger charge is -2.20. The highest BCUT2D eigenvalue weighted by molar-refractivity contribution is 7.88. The molecule has 0 radical (unpaired) electrons. The maximum atomic E-state index is 12.7. The number of benzene rings is 1. The summed E-state index contributed by atoms with van der Waals surface area (Å²) in [7, 11) is -2.03. The third-order valence-corrected chi connectivity index (χ3v) is 5.87. The van der Waals surface area contributed by atoms with Crippen molar-refractivity contribution in [1.82, 2.24) is 14.6 Å². The van der Waals surface area contributed by atoms with Crippen molar-refractivity contribution in [2.75, 3.05) is 33.1 Å². The molecule has 30 heavy (non-hydrogen) atoms. The van der Waals surface area contributed by atoms with Crippen LogP contribution in [0.4, 0.5) is 0 Å². The molecule has 2 heterocycles. The fourth-order valence-electron chi connectivity index (χ4n) is 3.26. The third kappa shape index (κ3) is 5.61. The normalized spacial score (nSPS) is 19.3. The van der Waals surface area contributed by atoms with Gasteiger partial charge in [-0.05, 0) is 24.3 Å². The average Bonchev–Trinajstić information content (AvgIpc) is 3.16. The minimum atomic E-state index is -3.58. The summed E-state index contributed by atoms with van der Waals surface area (Å²) >= 11 is 0. The summed E-state index contributed by atoms with van der Waals surface area (Å²) < 4.78 is 42.2. The van der Waals surface area contributed by atoms with E-state index >= 15 is 0 Å². The zero-order valence-electron chi connectivity index (χ0n) is 16.9. The van der Waals surface area contributed by atoms with Gasteiger partial charge in [0.05, 0.1) is 32.7 Å². The van der Waals surface area contributed by atoms with Gasteiger partial charge in [-0.2, -0.15) is 4.31 Å². The van der Waals surface area contributed by atoms with Gasteiger partial charge in [0.1, 0.15) is 24.5 Å². The Balaban J connectivity index is 1.56. The van der Waals surface area contributed by atoms with Crippen LogP contribution in [0.1, 0.15) is 6.42 Å². The van der Waals surface area contributed by atoms with Gasteiger partial charge in [0.2, 0.25) is 15.9 Å². The number of pyridine rings is 1. The average molecular weight is 436 g/mol. The largest absolute Gasteiger partial charge is 0.493 e. The fraction of sp³-hybridized carbons (Fsp3) is 0.400. The second-order valence-corrected chi connectivity index (χ2v) is 8.74. The van der Waals surface area contributed by atoms with E-state index in [2.05, 4.69) is 10.3 Å². The maximum Gasteiger partial charge on any atom is 0.238 e. The summed E-state index contributed by atoms with van der Waals surface area (Å²) in [4.78, 5) is 16.6. The number of ether oxygens (including phenoxy) is 3. The SMILES string of the molecule is COc1ccccc1OCCNC(=O)[C@@H]1C[C@H](Oc2cccnc2)CN1S(C)(=O)=O. The van der Waals surface area contributed by atoms with E-state index in [1.54, 1.807) is 43.8 Å². The summed E-state index contributed by atoms with van der Waals surface area (Å²) in [6.45, 7) is 0.538. The first-order valence-corrected chi connectivity index (χ1v) is 11.3. The van der Waals surface area contributed by atoms with E-state index in [9.17, 15) is 13.2 Å². The minimum absolute atomic E-state index is 0.101. The number of nitrogens with one attached hydrogen (secondary N) is 1. The highest BCUT2D eigenvalue weighted by Crippen LogP contribution is 2.26. The fourth-order valence-corrected chi connectivity index (χ4v) is 4.34. The van der Waals surface area contributed by atoms with Gasteiger partial charge in [0.15, 0.2) is 11.5 Å². The molecule has 0 saturated carbocycles. The van der Waals surface area contributed by atoms with E-state index in [1.165, 1.54) is 4.31 Å². The van der Waals surface area contributed by atoms with Gasteiger partial charge >= 0.3 is 0 Å². The van der Waals surface area contributed by atoms with Crippen LogP contribution in [0, 0.1) is 0 Å². The Morgan fingerprint density at radius 2 is 2.00 bits per heavy atom. The molecule has 0 spiro atoms. The van der Waals surface area contributed by atoms with E-state index in [0.29, 0.717) is 17.2 Å². The van der Waals surface area contributed by atoms with Crippen LogP contribution in [0.25, 0.3) is 0 Å². The van der Waals surface area contributed by atoms with Crippen LogP contribution in [-0.4, -0.2) is 68.8 Å². The van der Waals surface area contributed by atoms with Gasteiger partial charge in [-0.25, -0.2) is 8.42 Å². The Morgan fingerprint density at radius 3 is 2.67 bits per heavy atom. The molecule has 1 fully saturated rings. The monoisotopic (exact) mass is 435 g/mol. The number of carbonyl (C=O) groups is 1. The van der Waals surface area contributed by atoms with E-state index < -0.39 is 22.2 Å². The molecule has 0 aliphatic carbocycles. The predicted octanol–water partition coefficient (Wildman–Crippen LogP) is 1.07. The molecule has 162 valence electrons. The summed E-state index contributed by atoms with van der Waals surface area (Å²) in [6, 6.07) is 9.82. The number of hydrogen-bond donors (Lipinski definition) is 1. The van der Waals surface area contributed by atoms with Crippen molar-refractivity contribution in [2.24, 2.45) is 0 Å². The number of methoxy groups -OCH3 is 1. The molecule has 1 aliphatic rings. The Morgan fingerprint density at radius 1 is 1.23 bits per heavy atom. The zero-order valence-corrected chi connectivity index (χ0v) is 17.7. The van der Waals surface area contributed by atoms with Gasteiger partial charge in [-0.3, -0.25) is 9.78 Å². The van der Waals surface area contributed by atoms with Gasteiger partial charge in [-0.15, -0.1) is 0 Å². The first-order chi connectivity index (χ1) is 14.4. The maximum absolute atomic E-state index is 12.7. The van der Waals surface area contributed by atoms with Crippen LogP contribution in [0.5, 0.6) is 17.2 Å². The molecule has 1 N–H and O–H groups in total. The summed E-state index contributed by atoms with van der Waals surface area (Å²) in [6.07, 6.45) is 4.07. The number of rotatable bonds is 9. The minimum Gasteiger partial charge on any atom is -0.493 e. The van der Waals surface area contributed by atoms with E-state index in [0.717, 1.165) is 6.26 Å². The van der Waals surface area contributed by atoms with Crippen LogP contribution in [0.2, 0.25) is 0 Å². The van der Waals surface area contributed by atoms with Crippen molar-refractivity contribution < 1.29 is 27.4 Å². The lowest BCUT2D eigenvalue weighted by molar-refractivity contribution is -0.124. The summed E-state index contributed by atoms with van der Waals surface area (Å²) in [5, 5.41) is 2.74. The topological polar surface area (TPSA) is 107 Å². The van der Waals surface area contributed by atoms with Gasteiger partial charge < -0.3 is 19.5 Å². The molecular weight excluding hydrogens is 410 g/mol. The van der Waals surface area contributed by atoms with E-state index in [-0.39, 0.29) is 32.0 Å². The number of aromatic nitrogens is 1. The van der Waals surface area contributed by atoms with E-state index in [1.807, 2.05) is 12.1 Å². The van der Waals surface area contributed by atoms with Crippen molar-refractivity contribution in [2.45, 2.75) is 18.6 Å². The number of carbonyl (C=O) groups excluding carboxylic acids is 1. The number of sulfonamides is 1. The van der Waals surface area contributed by atoms with Crippen molar-refractivity contribution in [1.29, 1.82) is 0 Å². The molecule has 2 atom stereocenters. The standard InChI is InChI=1S/C20H25N3O6S/c1-27-18-7-3-4-8-19(18)28-11-10-22-20(24)17-12-16(14-23(17)30(2,25)26)29-15-6-5-9-21-13-15/h3-9,13,16-17H,10-12,14H2,1-2H3,(H,22,24)/t16-,17-/m0/s1. The quantitative estimate of drug-likeness (QED) is 0.587. The molecule has 0 unspecified atom stereocenters. The molecule has 10 heteroatoms. The van der Waals surface area contributed by atoms with Crippen molar-refractivity contribution in [3.63, 3.8) is 0 Å². The van der Waals surface area contributed by atoms with Crippen molar-refractivity contribution in [3.05, 3.63) is 48.8 Å². The number of amides is 1. The molecule has 1 aromatic carbocycles. The van der Waals surface area contributed by atoms with Gasteiger partial charge in [0, 0.05) is 12.6 Å². The second kappa shape index (κ2) is 9.77. The Hall–Kier alpha value is -2.85. The summed E-state index contributed by atoms with van der Waals surface area (Å²) in [5.41, 5.74) is 0. The molecule has 1 aliphatic heterocycles. The number of nitrogens with zero attached hydrogens (tertiary/aromatic N) is 2. The molecule has 1 amide bonds. The molecule has 9 nitrogen and oxygen atoms in total. The van der Waals surface area contributed by atoms with Crippen molar-refractivity contribution >= 4 is 15.9 Å². The first-order valence-electron chi connectivity index (χ1n) is 9.45. The Kier molecular flexibility index (Phi) is 7.11. The lowest BCUT2D eigenvalue weighted by Crippen LogP contribution is -2.46. The summed E-state index contributed by atoms with van der Waals surface area (Å²) in [5.74, 6) is 1.31. The van der Waals surface area contributed by atoms with Crippen LogP contribution < -0.4 is 19.5 Å². The number of para-hydroxylation sites is 2. The highest BCUT2D eigenvalue weighted by atomic mass is 32.2. The molecule has 0 bridgehead atoms. The second-order valence-electron chi connectivity index (χ2n) is 6.80. The Bertz CT molecular complexity index is 954. The predicted molar refractivity (Wildman–Crippen MR) is 110 cm³/mol. The molecule has 2 aromatic rings. The van der Waals surface area contributed by atoms with Crippen LogP contribution in [0.3, 0.4) is 0 Å². The highest BCUT2D eigenvalue weighted by Gasteiger charge is 2.42. The zero-order chi connectivity index (χ0) is 21.6. The van der Waals surface area contributed by atoms with Crippen LogP contribution in [-0.2, 0) is 14.8 Å². The van der Waals surface area contributed by atoms with Gasteiger partial charge in [-0.1, -0.05) is 12.1 Å².